The third-order valence-corrected chi connectivity index (χ3v) is 4.74. The summed E-state index contributed by atoms with van der Waals surface area (Å²) in [6.45, 7) is 0. The van der Waals surface area contributed by atoms with E-state index < -0.39 is 47.5 Å². The second kappa shape index (κ2) is 5.74. The van der Waals surface area contributed by atoms with Crippen LogP contribution in [0.5, 0.6) is 0 Å². The van der Waals surface area contributed by atoms with E-state index in [-0.39, 0.29) is 0 Å². The molecule has 0 bridgehead atoms. The predicted octanol–water partition coefficient (Wildman–Crippen LogP) is 3.72. The van der Waals surface area contributed by atoms with Crippen LogP contribution in [0.3, 0.4) is 0 Å². The van der Waals surface area contributed by atoms with Crippen molar-refractivity contribution in [1.29, 1.82) is 0 Å². The van der Waals surface area contributed by atoms with E-state index >= 15 is 0 Å². The lowest BCUT2D eigenvalue weighted by molar-refractivity contribution is 0.571. The molecule has 1 N–H and O–H groups in total. The van der Waals surface area contributed by atoms with E-state index in [4.69, 9.17) is 0 Å². The maximum atomic E-state index is 13.7. The second-order valence-corrected chi connectivity index (χ2v) is 6.55. The molecule has 0 aliphatic heterocycles. The van der Waals surface area contributed by atoms with Crippen LogP contribution in [-0.2, 0) is 10.0 Å². The van der Waals surface area contributed by atoms with E-state index in [0.717, 1.165) is 12.1 Å². The molecule has 0 atom stereocenters. The van der Waals surface area contributed by atoms with Crippen LogP contribution in [-0.4, -0.2) is 8.42 Å². The first-order chi connectivity index (χ1) is 9.72. The number of nitrogens with one attached hydrogen (secondary N) is 1. The highest BCUT2D eigenvalue weighted by Gasteiger charge is 2.32. The molecule has 0 saturated heterocycles. The number of allylic oxidation sites excluding steroid dienone is 5. The maximum Gasteiger partial charge on any atom is 0.312 e. The number of hydrogen-bond acceptors (Lipinski definition) is 2. The molecule has 0 heterocycles. The Hall–Kier alpha value is -1.45. The Morgan fingerprint density at radius 1 is 1.14 bits per heavy atom. The average molecular weight is 430 g/mol. The van der Waals surface area contributed by atoms with Gasteiger partial charge in [-0.25, -0.2) is 8.78 Å². The molecule has 21 heavy (non-hydrogen) atoms. The van der Waals surface area contributed by atoms with Crippen LogP contribution in [0.1, 0.15) is 0 Å². The van der Waals surface area contributed by atoms with Crippen LogP contribution in [0.25, 0.3) is 0 Å². The van der Waals surface area contributed by atoms with Gasteiger partial charge in [0.15, 0.2) is 5.82 Å². The lowest BCUT2D eigenvalue weighted by Crippen LogP contribution is -2.17. The van der Waals surface area contributed by atoms with Gasteiger partial charge in [0.2, 0.25) is 10.7 Å². The fourth-order valence-corrected chi connectivity index (χ4v) is 3.02. The highest BCUT2D eigenvalue weighted by molar-refractivity contribution is 14.1. The monoisotopic (exact) mass is 430 g/mol. The van der Waals surface area contributed by atoms with Gasteiger partial charge in [-0.05, 0) is 34.7 Å². The Morgan fingerprint density at radius 3 is 2.48 bits per heavy atom. The van der Waals surface area contributed by atoms with Gasteiger partial charge in [0.1, 0.15) is 18.0 Å². The van der Waals surface area contributed by atoms with Crippen LogP contribution >= 0.6 is 22.6 Å². The molecule has 1 aliphatic carbocycles. The van der Waals surface area contributed by atoms with Gasteiger partial charge in [-0.2, -0.15) is 12.8 Å². The van der Waals surface area contributed by atoms with Gasteiger partial charge in [-0.3, -0.25) is 4.72 Å². The first kappa shape index (κ1) is 15.9. The summed E-state index contributed by atoms with van der Waals surface area (Å²) in [6.07, 6.45) is 2.83. The van der Waals surface area contributed by atoms with Crippen LogP contribution in [0, 0.1) is 21.3 Å². The van der Waals surface area contributed by atoms with Crippen molar-refractivity contribution in [2.45, 2.75) is 0 Å². The van der Waals surface area contributed by atoms with Gasteiger partial charge in [0.05, 0.1) is 15.3 Å². The van der Waals surface area contributed by atoms with Crippen LogP contribution in [0.4, 0.5) is 23.2 Å². The fraction of sp³-hybridized carbons (Fsp3) is 0. The van der Waals surface area contributed by atoms with Crippen LogP contribution < -0.4 is 4.72 Å². The van der Waals surface area contributed by atoms with Crippen molar-refractivity contribution in [3.63, 3.8) is 0 Å². The zero-order chi connectivity index (χ0) is 15.8. The fourth-order valence-electron chi connectivity index (χ4n) is 1.43. The minimum absolute atomic E-state index is 0.431. The summed E-state index contributed by atoms with van der Waals surface area (Å²) in [5, 5.41) is 0. The first-order valence-corrected chi connectivity index (χ1v) is 7.81. The molecule has 0 fully saturated rings. The summed E-state index contributed by atoms with van der Waals surface area (Å²) in [6, 6.07) is 1.68. The van der Waals surface area contributed by atoms with Gasteiger partial charge < -0.3 is 0 Å². The molecule has 0 unspecified atom stereocenters. The van der Waals surface area contributed by atoms with Crippen molar-refractivity contribution in [3.05, 3.63) is 62.1 Å². The standard InChI is InChI=1S/C12H5F4INO2S/c13-6-1-2-7(14)10(5-6)21(19,20)18-9-4-3-8(15)12(17)11(9)16/h1,3-5,18H/q+1. The molecule has 110 valence electrons. The lowest BCUT2D eigenvalue weighted by Gasteiger charge is -2.08. The summed E-state index contributed by atoms with van der Waals surface area (Å²) in [7, 11) is -4.58. The van der Waals surface area contributed by atoms with Gasteiger partial charge in [0.25, 0.3) is 0 Å². The topological polar surface area (TPSA) is 46.2 Å². The number of halogens is 5. The molecule has 3 nitrogen and oxygen atoms in total. The SMILES string of the molecule is O=S(=O)(Nc1ccc(F)c(I)c1F)C1=C(F)[C+]=CC(F)=C1. The van der Waals surface area contributed by atoms with Crippen LogP contribution in [0.2, 0.25) is 0 Å². The van der Waals surface area contributed by atoms with Crippen LogP contribution in [0.15, 0.2) is 40.8 Å². The Morgan fingerprint density at radius 2 is 1.81 bits per heavy atom. The number of rotatable bonds is 3. The zero-order valence-corrected chi connectivity index (χ0v) is 12.9. The minimum Gasteiger partial charge on any atom is -0.266 e. The Balaban J connectivity index is 2.45. The van der Waals surface area contributed by atoms with E-state index in [2.05, 4.69) is 0 Å². The number of hydrogen-bond donors (Lipinski definition) is 1. The Labute approximate surface area is 131 Å². The van der Waals surface area contributed by atoms with E-state index in [0.29, 0.717) is 12.2 Å². The number of benzene rings is 1. The van der Waals surface area contributed by atoms with Crippen molar-refractivity contribution in [3.8, 4) is 0 Å². The molecule has 1 aliphatic rings. The van der Waals surface area contributed by atoms with Gasteiger partial charge in [-0.15, -0.1) is 4.39 Å². The molecule has 0 radical (unpaired) electrons. The molecule has 0 amide bonds. The van der Waals surface area contributed by atoms with Crippen molar-refractivity contribution in [1.82, 2.24) is 0 Å². The number of anilines is 1. The Bertz CT molecular complexity index is 800. The normalized spacial score (nSPS) is 14.8. The van der Waals surface area contributed by atoms with Crippen molar-refractivity contribution in [2.24, 2.45) is 0 Å². The highest BCUT2D eigenvalue weighted by atomic mass is 127. The predicted molar refractivity (Wildman–Crippen MR) is 76.8 cm³/mol. The quantitative estimate of drug-likeness (QED) is 0.344. The average Bonchev–Trinajstić information content (AvgIpc) is 2.42. The van der Waals surface area contributed by atoms with Gasteiger partial charge >= 0.3 is 15.9 Å². The summed E-state index contributed by atoms with van der Waals surface area (Å²) in [5.41, 5.74) is -0.579. The molecule has 0 spiro atoms. The maximum absolute atomic E-state index is 13.7. The van der Waals surface area contributed by atoms with E-state index in [1.54, 1.807) is 10.8 Å². The van der Waals surface area contributed by atoms with Crippen molar-refractivity contribution in [2.75, 3.05) is 4.72 Å². The molecular weight excluding hydrogens is 425 g/mol. The van der Waals surface area contributed by atoms with Crippen molar-refractivity contribution >= 4 is 38.3 Å². The largest absolute Gasteiger partial charge is 0.312 e. The smallest absolute Gasteiger partial charge is 0.266 e. The molecule has 1 aromatic rings. The first-order valence-electron chi connectivity index (χ1n) is 5.25. The third kappa shape index (κ3) is 3.25. The summed E-state index contributed by atoms with van der Waals surface area (Å²) < 4.78 is 78.4. The second-order valence-electron chi connectivity index (χ2n) is 3.82. The number of sulfonamides is 1. The lowest BCUT2D eigenvalue weighted by atomic mass is 10.3. The molecule has 2 rings (SSSR count). The molecular formula is C12H5F4INO2S+. The van der Waals surface area contributed by atoms with E-state index in [1.165, 1.54) is 22.6 Å². The highest BCUT2D eigenvalue weighted by Crippen LogP contribution is 2.28. The van der Waals surface area contributed by atoms with E-state index in [9.17, 15) is 26.0 Å². The molecule has 1 aromatic carbocycles. The molecule has 0 aromatic heterocycles. The van der Waals surface area contributed by atoms with E-state index in [1.807, 2.05) is 0 Å². The van der Waals surface area contributed by atoms with Crippen molar-refractivity contribution < 1.29 is 26.0 Å². The Kier molecular flexibility index (Phi) is 4.35. The summed E-state index contributed by atoms with van der Waals surface area (Å²) in [5.74, 6) is -4.37. The zero-order valence-electron chi connectivity index (χ0n) is 9.92. The summed E-state index contributed by atoms with van der Waals surface area (Å²) >= 11 is 1.35. The molecule has 0 saturated carbocycles. The van der Waals surface area contributed by atoms with Gasteiger partial charge in [0, 0.05) is 0 Å². The third-order valence-electron chi connectivity index (χ3n) is 2.39. The molecule has 9 heteroatoms. The minimum atomic E-state index is -4.58. The van der Waals surface area contributed by atoms with Gasteiger partial charge in [-0.1, -0.05) is 0 Å². The summed E-state index contributed by atoms with van der Waals surface area (Å²) in [4.78, 5) is -1.03.